The monoisotopic (exact) mass is 264 g/mol. The molecule has 0 atom stereocenters. The van der Waals surface area contributed by atoms with Gasteiger partial charge in [0.15, 0.2) is 0 Å². The largest absolute Gasteiger partial charge is 0.477 e. The molecule has 0 radical (unpaired) electrons. The molecule has 0 bridgehead atoms. The van der Waals surface area contributed by atoms with Crippen LogP contribution in [0.5, 0.6) is 5.88 Å². The average Bonchev–Trinajstić information content (AvgIpc) is 2.37. The lowest BCUT2D eigenvalue weighted by atomic mass is 10.0. The first-order chi connectivity index (χ1) is 9.01. The molecule has 5 nitrogen and oxygen atoms in total. The van der Waals surface area contributed by atoms with E-state index in [1.165, 1.54) is 0 Å². The summed E-state index contributed by atoms with van der Waals surface area (Å²) in [6.07, 6.45) is 1.91. The summed E-state index contributed by atoms with van der Waals surface area (Å²) in [4.78, 5) is 11.4. The van der Waals surface area contributed by atoms with Gasteiger partial charge in [-0.2, -0.15) is 5.10 Å². The van der Waals surface area contributed by atoms with Gasteiger partial charge < -0.3 is 9.84 Å². The van der Waals surface area contributed by atoms with Crippen molar-refractivity contribution in [1.29, 1.82) is 0 Å². The number of carboxylic acid groups (broad SMARTS) is 1. The van der Waals surface area contributed by atoms with Crippen LogP contribution < -0.4 is 4.74 Å². The van der Waals surface area contributed by atoms with Gasteiger partial charge >= 0.3 is 5.97 Å². The van der Waals surface area contributed by atoms with Crippen molar-refractivity contribution >= 4 is 5.97 Å². The summed E-state index contributed by atoms with van der Waals surface area (Å²) in [5.41, 5.74) is 2.53. The second-order valence-electron chi connectivity index (χ2n) is 4.37. The zero-order chi connectivity index (χ0) is 14.4. The maximum Gasteiger partial charge on any atom is 0.341 e. The van der Waals surface area contributed by atoms with Crippen molar-refractivity contribution in [2.24, 2.45) is 0 Å². The van der Waals surface area contributed by atoms with E-state index in [-0.39, 0.29) is 11.4 Å². The van der Waals surface area contributed by atoms with Gasteiger partial charge in [-0.25, -0.2) is 4.79 Å². The van der Waals surface area contributed by atoms with Crippen LogP contribution in [0.1, 0.15) is 48.8 Å². The molecule has 104 valence electrons. The van der Waals surface area contributed by atoms with Crippen molar-refractivity contribution < 1.29 is 14.6 Å². The lowest BCUT2D eigenvalue weighted by Crippen LogP contribution is -2.13. The smallest absolute Gasteiger partial charge is 0.341 e. The van der Waals surface area contributed by atoms with Gasteiger partial charge in [-0.1, -0.05) is 19.4 Å². The van der Waals surface area contributed by atoms with Crippen molar-refractivity contribution in [2.75, 3.05) is 6.61 Å². The molecule has 0 saturated carbocycles. The lowest BCUT2D eigenvalue weighted by molar-refractivity contribution is 0.0689. The number of hydrogen-bond acceptors (Lipinski definition) is 4. The third-order valence-corrected chi connectivity index (χ3v) is 2.80. The van der Waals surface area contributed by atoms with E-state index in [1.54, 1.807) is 0 Å². The number of carboxylic acids is 1. The fourth-order valence-corrected chi connectivity index (χ4v) is 1.80. The normalized spacial score (nSPS) is 10.3. The molecule has 0 saturated heterocycles. The highest BCUT2D eigenvalue weighted by atomic mass is 16.5. The number of aromatic nitrogens is 2. The Bertz CT molecular complexity index is 484. The molecular weight excluding hydrogens is 244 g/mol. The predicted octanol–water partition coefficient (Wildman–Crippen LogP) is 2.64. The van der Waals surface area contributed by atoms with Crippen molar-refractivity contribution in [2.45, 2.75) is 40.0 Å². The Morgan fingerprint density at radius 3 is 2.47 bits per heavy atom. The van der Waals surface area contributed by atoms with E-state index in [9.17, 15) is 9.90 Å². The number of rotatable bonds is 7. The molecule has 0 aliphatic heterocycles. The summed E-state index contributed by atoms with van der Waals surface area (Å²) in [5, 5.41) is 17.3. The van der Waals surface area contributed by atoms with Gasteiger partial charge in [-0.3, -0.25) is 0 Å². The van der Waals surface area contributed by atoms with E-state index in [0.29, 0.717) is 37.1 Å². The van der Waals surface area contributed by atoms with E-state index in [0.717, 1.165) is 5.57 Å². The molecule has 19 heavy (non-hydrogen) atoms. The summed E-state index contributed by atoms with van der Waals surface area (Å²) >= 11 is 0. The molecule has 1 heterocycles. The molecular formula is C14H20N2O3. The third-order valence-electron chi connectivity index (χ3n) is 2.80. The molecule has 5 heteroatoms. The van der Waals surface area contributed by atoms with Crippen LogP contribution in [0.4, 0.5) is 0 Å². The number of carbonyl (C=O) groups is 1. The topological polar surface area (TPSA) is 72.3 Å². The lowest BCUT2D eigenvalue weighted by Gasteiger charge is -2.12. The van der Waals surface area contributed by atoms with Crippen molar-refractivity contribution in [1.82, 2.24) is 10.2 Å². The van der Waals surface area contributed by atoms with Crippen LogP contribution >= 0.6 is 0 Å². The summed E-state index contributed by atoms with van der Waals surface area (Å²) in [6, 6.07) is 0. The van der Waals surface area contributed by atoms with Gasteiger partial charge in [0, 0.05) is 6.42 Å². The van der Waals surface area contributed by atoms with Crippen molar-refractivity contribution in [3.8, 4) is 5.88 Å². The van der Waals surface area contributed by atoms with Crippen LogP contribution in [-0.2, 0) is 12.8 Å². The highest BCUT2D eigenvalue weighted by molar-refractivity contribution is 5.92. The van der Waals surface area contributed by atoms with Crippen LogP contribution in [0.25, 0.3) is 0 Å². The Morgan fingerprint density at radius 1 is 1.32 bits per heavy atom. The molecule has 0 fully saturated rings. The summed E-state index contributed by atoms with van der Waals surface area (Å²) < 4.78 is 5.44. The minimum Gasteiger partial charge on any atom is -0.477 e. The molecule has 0 aliphatic rings. The number of aryl methyl sites for hydroxylation is 1. The first kappa shape index (κ1) is 15.1. The van der Waals surface area contributed by atoms with E-state index >= 15 is 0 Å². The summed E-state index contributed by atoms with van der Waals surface area (Å²) in [7, 11) is 0. The summed E-state index contributed by atoms with van der Waals surface area (Å²) in [5.74, 6) is -0.922. The van der Waals surface area contributed by atoms with Crippen LogP contribution in [0.2, 0.25) is 0 Å². The Kier molecular flexibility index (Phi) is 5.48. The Labute approximate surface area is 113 Å². The van der Waals surface area contributed by atoms with Gasteiger partial charge in [0.2, 0.25) is 5.88 Å². The standard InChI is InChI=1S/C14H20N2O3/c1-5-10-11(6-2)15-16-13(12(10)14(17)18)19-8-7-9(3)4/h3,5-8H2,1-2,4H3,(H,17,18). The van der Waals surface area contributed by atoms with E-state index < -0.39 is 5.97 Å². The van der Waals surface area contributed by atoms with Crippen LogP contribution in [0, 0.1) is 0 Å². The van der Waals surface area contributed by atoms with E-state index in [1.807, 2.05) is 20.8 Å². The minimum atomic E-state index is -1.02. The molecule has 0 aliphatic carbocycles. The highest BCUT2D eigenvalue weighted by Gasteiger charge is 2.21. The first-order valence-corrected chi connectivity index (χ1v) is 6.40. The molecule has 1 rings (SSSR count). The van der Waals surface area contributed by atoms with Gasteiger partial charge in [-0.15, -0.1) is 11.7 Å². The Morgan fingerprint density at radius 2 is 2.00 bits per heavy atom. The van der Waals surface area contributed by atoms with Crippen molar-refractivity contribution in [3.05, 3.63) is 29.0 Å². The van der Waals surface area contributed by atoms with E-state index in [4.69, 9.17) is 4.74 Å². The molecule has 1 aromatic heterocycles. The van der Waals surface area contributed by atoms with Gasteiger partial charge in [0.05, 0.1) is 12.3 Å². The van der Waals surface area contributed by atoms with Gasteiger partial charge in [-0.05, 0) is 25.3 Å². The molecule has 0 unspecified atom stereocenters. The van der Waals surface area contributed by atoms with Crippen molar-refractivity contribution in [3.63, 3.8) is 0 Å². The first-order valence-electron chi connectivity index (χ1n) is 6.40. The maximum absolute atomic E-state index is 11.4. The predicted molar refractivity (Wildman–Crippen MR) is 72.7 cm³/mol. The Hall–Kier alpha value is -1.91. The second-order valence-corrected chi connectivity index (χ2v) is 4.37. The molecule has 0 amide bonds. The highest BCUT2D eigenvalue weighted by Crippen LogP contribution is 2.23. The molecule has 1 aromatic rings. The SMILES string of the molecule is C=C(C)CCOc1nnc(CC)c(CC)c1C(=O)O. The fraction of sp³-hybridized carbons (Fsp3) is 0.500. The zero-order valence-electron chi connectivity index (χ0n) is 11.7. The number of nitrogens with zero attached hydrogens (tertiary/aromatic N) is 2. The quantitative estimate of drug-likeness (QED) is 0.766. The second kappa shape index (κ2) is 6.87. The molecule has 0 aromatic carbocycles. The molecule has 1 N–H and O–H groups in total. The number of aromatic carboxylic acids is 1. The van der Waals surface area contributed by atoms with Crippen LogP contribution in [0.3, 0.4) is 0 Å². The number of hydrogen-bond donors (Lipinski definition) is 1. The van der Waals surface area contributed by atoms with Crippen LogP contribution in [-0.4, -0.2) is 27.9 Å². The molecule has 0 spiro atoms. The van der Waals surface area contributed by atoms with Gasteiger partial charge in [0.1, 0.15) is 5.56 Å². The number of ether oxygens (including phenoxy) is 1. The average molecular weight is 264 g/mol. The maximum atomic E-state index is 11.4. The van der Waals surface area contributed by atoms with Crippen LogP contribution in [0.15, 0.2) is 12.2 Å². The zero-order valence-corrected chi connectivity index (χ0v) is 11.7. The van der Waals surface area contributed by atoms with Gasteiger partial charge in [0.25, 0.3) is 0 Å². The third kappa shape index (κ3) is 3.77. The minimum absolute atomic E-state index is 0.0998. The Balaban J connectivity index is 3.10. The summed E-state index contributed by atoms with van der Waals surface area (Å²) in [6.45, 7) is 9.86. The fourth-order valence-electron chi connectivity index (χ4n) is 1.80. The van der Waals surface area contributed by atoms with E-state index in [2.05, 4.69) is 16.8 Å².